The first-order chi connectivity index (χ1) is 9.13. The molecule has 0 spiro atoms. The summed E-state index contributed by atoms with van der Waals surface area (Å²) in [7, 11) is 0. The standard InChI is InChI=1S/C15H12BrClO2/c1-2-19-11-6-3-5-10(9-11)15(18)12-7-4-8-13(16)14(12)17/h3-9H,2H2,1H3. The van der Waals surface area contributed by atoms with Gasteiger partial charge in [-0.15, -0.1) is 0 Å². The van der Waals surface area contributed by atoms with Crippen LogP contribution < -0.4 is 4.74 Å². The van der Waals surface area contributed by atoms with Gasteiger partial charge >= 0.3 is 0 Å². The second-order valence-corrected chi connectivity index (χ2v) is 5.12. The molecule has 0 aliphatic heterocycles. The molecule has 98 valence electrons. The van der Waals surface area contributed by atoms with Crippen LogP contribution in [0.25, 0.3) is 0 Å². The highest BCUT2D eigenvalue weighted by Gasteiger charge is 2.14. The Morgan fingerprint density at radius 3 is 2.74 bits per heavy atom. The Labute approximate surface area is 125 Å². The summed E-state index contributed by atoms with van der Waals surface area (Å²) in [5.41, 5.74) is 1.04. The lowest BCUT2D eigenvalue weighted by molar-refractivity contribution is 0.103. The minimum atomic E-state index is -0.118. The molecule has 0 unspecified atom stereocenters. The maximum absolute atomic E-state index is 12.4. The van der Waals surface area contributed by atoms with Gasteiger partial charge in [-0.25, -0.2) is 0 Å². The molecule has 2 aromatic carbocycles. The number of hydrogen-bond donors (Lipinski definition) is 0. The third kappa shape index (κ3) is 3.17. The van der Waals surface area contributed by atoms with Crippen molar-refractivity contribution in [2.75, 3.05) is 6.61 Å². The van der Waals surface area contributed by atoms with Crippen LogP contribution in [0.2, 0.25) is 5.02 Å². The lowest BCUT2D eigenvalue weighted by Crippen LogP contribution is -2.03. The molecule has 2 rings (SSSR count). The van der Waals surface area contributed by atoms with Gasteiger partial charge in [-0.05, 0) is 47.1 Å². The normalized spacial score (nSPS) is 10.3. The largest absolute Gasteiger partial charge is 0.494 e. The summed E-state index contributed by atoms with van der Waals surface area (Å²) in [6, 6.07) is 12.4. The van der Waals surface area contributed by atoms with E-state index in [-0.39, 0.29) is 5.78 Å². The summed E-state index contributed by atoms with van der Waals surface area (Å²) < 4.78 is 6.10. The Hall–Kier alpha value is -1.32. The highest BCUT2D eigenvalue weighted by molar-refractivity contribution is 9.10. The molecule has 0 radical (unpaired) electrons. The summed E-state index contributed by atoms with van der Waals surface area (Å²) in [6.45, 7) is 2.47. The topological polar surface area (TPSA) is 26.3 Å². The van der Waals surface area contributed by atoms with Gasteiger partial charge < -0.3 is 4.74 Å². The fraction of sp³-hybridized carbons (Fsp3) is 0.133. The molecule has 2 aromatic rings. The fourth-order valence-corrected chi connectivity index (χ4v) is 2.31. The van der Waals surface area contributed by atoms with Crippen LogP contribution in [-0.2, 0) is 0 Å². The first-order valence-electron chi connectivity index (χ1n) is 5.85. The highest BCUT2D eigenvalue weighted by atomic mass is 79.9. The second kappa shape index (κ2) is 6.22. The summed E-state index contributed by atoms with van der Waals surface area (Å²) in [4.78, 5) is 12.4. The van der Waals surface area contributed by atoms with Gasteiger partial charge in [0.2, 0.25) is 0 Å². The van der Waals surface area contributed by atoms with Crippen LogP contribution in [0.3, 0.4) is 0 Å². The van der Waals surface area contributed by atoms with Gasteiger partial charge in [0.1, 0.15) is 5.75 Å². The van der Waals surface area contributed by atoms with E-state index in [2.05, 4.69) is 15.9 Å². The molecule has 0 atom stereocenters. The lowest BCUT2D eigenvalue weighted by atomic mass is 10.0. The van der Waals surface area contributed by atoms with Gasteiger partial charge in [-0.3, -0.25) is 4.79 Å². The fourth-order valence-electron chi connectivity index (χ4n) is 1.73. The minimum Gasteiger partial charge on any atom is -0.494 e. The molecule has 2 nitrogen and oxygen atoms in total. The molecule has 0 aromatic heterocycles. The molecule has 0 N–H and O–H groups in total. The summed E-state index contributed by atoms with van der Waals surface area (Å²) in [5, 5.41) is 0.425. The minimum absolute atomic E-state index is 0.118. The van der Waals surface area contributed by atoms with Gasteiger partial charge in [0.05, 0.1) is 11.6 Å². The first kappa shape index (κ1) is 14.1. The van der Waals surface area contributed by atoms with Crippen LogP contribution in [0.4, 0.5) is 0 Å². The maximum Gasteiger partial charge on any atom is 0.194 e. The molecule has 4 heteroatoms. The molecule has 0 saturated heterocycles. The third-order valence-corrected chi connectivity index (χ3v) is 3.90. The number of ether oxygens (including phenoxy) is 1. The number of benzene rings is 2. The van der Waals surface area contributed by atoms with Crippen molar-refractivity contribution in [1.29, 1.82) is 0 Å². The van der Waals surface area contributed by atoms with Crippen LogP contribution in [0.1, 0.15) is 22.8 Å². The predicted octanol–water partition coefficient (Wildman–Crippen LogP) is 4.73. The summed E-state index contributed by atoms with van der Waals surface area (Å²) in [5.74, 6) is 0.562. The van der Waals surface area contributed by atoms with Crippen LogP contribution in [0.5, 0.6) is 5.75 Å². The van der Waals surface area contributed by atoms with E-state index in [1.165, 1.54) is 0 Å². The molecule has 19 heavy (non-hydrogen) atoms. The number of carbonyl (C=O) groups excluding carboxylic acids is 1. The summed E-state index contributed by atoms with van der Waals surface area (Å²) in [6.07, 6.45) is 0. The Morgan fingerprint density at radius 1 is 1.26 bits per heavy atom. The Kier molecular flexibility index (Phi) is 4.61. The van der Waals surface area contributed by atoms with E-state index in [1.54, 1.807) is 36.4 Å². The molecule has 0 amide bonds. The van der Waals surface area contributed by atoms with Gasteiger partial charge in [-0.2, -0.15) is 0 Å². The van der Waals surface area contributed by atoms with Gasteiger partial charge in [0.15, 0.2) is 5.78 Å². The average molecular weight is 340 g/mol. The Bertz CT molecular complexity index is 611. The number of ketones is 1. The highest BCUT2D eigenvalue weighted by Crippen LogP contribution is 2.28. The van der Waals surface area contributed by atoms with Crippen molar-refractivity contribution in [2.24, 2.45) is 0 Å². The molecule has 0 aliphatic rings. The second-order valence-electron chi connectivity index (χ2n) is 3.89. The monoisotopic (exact) mass is 338 g/mol. The van der Waals surface area contributed by atoms with Gasteiger partial charge in [0, 0.05) is 15.6 Å². The van der Waals surface area contributed by atoms with Crippen molar-refractivity contribution in [2.45, 2.75) is 6.92 Å². The van der Waals surface area contributed by atoms with E-state index >= 15 is 0 Å². The Balaban J connectivity index is 2.38. The lowest BCUT2D eigenvalue weighted by Gasteiger charge is -2.07. The molecule has 0 bridgehead atoms. The quantitative estimate of drug-likeness (QED) is 0.753. The Morgan fingerprint density at radius 2 is 2.00 bits per heavy atom. The molecule has 0 fully saturated rings. The predicted molar refractivity (Wildman–Crippen MR) is 80.2 cm³/mol. The number of hydrogen-bond acceptors (Lipinski definition) is 2. The van der Waals surface area contributed by atoms with Crippen LogP contribution >= 0.6 is 27.5 Å². The van der Waals surface area contributed by atoms with Crippen molar-refractivity contribution in [3.05, 3.63) is 63.1 Å². The van der Waals surface area contributed by atoms with E-state index in [4.69, 9.17) is 16.3 Å². The number of carbonyl (C=O) groups is 1. The van der Waals surface area contributed by atoms with Crippen LogP contribution in [0.15, 0.2) is 46.9 Å². The van der Waals surface area contributed by atoms with Crippen LogP contribution in [0, 0.1) is 0 Å². The smallest absolute Gasteiger partial charge is 0.194 e. The van der Waals surface area contributed by atoms with Crippen LogP contribution in [-0.4, -0.2) is 12.4 Å². The van der Waals surface area contributed by atoms with Gasteiger partial charge in [-0.1, -0.05) is 29.8 Å². The van der Waals surface area contributed by atoms with Gasteiger partial charge in [0.25, 0.3) is 0 Å². The maximum atomic E-state index is 12.4. The van der Waals surface area contributed by atoms with Crippen molar-refractivity contribution < 1.29 is 9.53 Å². The average Bonchev–Trinajstić information content (AvgIpc) is 2.42. The first-order valence-corrected chi connectivity index (χ1v) is 7.02. The number of rotatable bonds is 4. The van der Waals surface area contributed by atoms with Crippen molar-refractivity contribution in [3.63, 3.8) is 0 Å². The van der Waals surface area contributed by atoms with E-state index in [0.29, 0.717) is 33.0 Å². The van der Waals surface area contributed by atoms with E-state index in [0.717, 1.165) is 0 Å². The number of halogens is 2. The zero-order valence-corrected chi connectivity index (χ0v) is 12.7. The van der Waals surface area contributed by atoms with Crippen molar-refractivity contribution >= 4 is 33.3 Å². The van der Waals surface area contributed by atoms with E-state index in [9.17, 15) is 4.79 Å². The van der Waals surface area contributed by atoms with Crippen molar-refractivity contribution in [3.8, 4) is 5.75 Å². The van der Waals surface area contributed by atoms with Crippen molar-refractivity contribution in [1.82, 2.24) is 0 Å². The molecular weight excluding hydrogens is 328 g/mol. The summed E-state index contributed by atoms with van der Waals surface area (Å²) >= 11 is 9.46. The molecule has 0 heterocycles. The van der Waals surface area contributed by atoms with E-state index in [1.807, 2.05) is 13.0 Å². The zero-order chi connectivity index (χ0) is 13.8. The zero-order valence-electron chi connectivity index (χ0n) is 10.3. The SMILES string of the molecule is CCOc1cccc(C(=O)c2cccc(Br)c2Cl)c1. The van der Waals surface area contributed by atoms with E-state index < -0.39 is 0 Å². The molecular formula is C15H12BrClO2. The third-order valence-electron chi connectivity index (χ3n) is 2.60. The molecule has 0 saturated carbocycles. The molecule has 0 aliphatic carbocycles.